The van der Waals surface area contributed by atoms with Gasteiger partial charge in [-0.05, 0) is 36.2 Å². The fraction of sp³-hybridized carbons (Fsp3) is 0.160. The molecule has 0 bridgehead atoms. The predicted octanol–water partition coefficient (Wildman–Crippen LogP) is 5.27. The molecule has 0 aliphatic heterocycles. The Bertz CT molecular complexity index is 1200. The Morgan fingerprint density at radius 3 is 2.30 bits per heavy atom. The number of aryl methyl sites for hydroxylation is 1. The molecule has 0 spiro atoms. The first-order valence-corrected chi connectivity index (χ1v) is 9.77. The molecular weight excluding hydrogens is 376 g/mol. The van der Waals surface area contributed by atoms with E-state index in [2.05, 4.69) is 22.0 Å². The molecule has 0 saturated carbocycles. The molecule has 4 rings (SSSR count). The van der Waals surface area contributed by atoms with E-state index in [1.807, 2.05) is 61.5 Å². The number of fused-ring (bicyclic) bond motifs is 1. The maximum Gasteiger partial charge on any atom is 0.272 e. The number of nitrogens with zero attached hydrogens (tertiary/aromatic N) is 1. The van der Waals surface area contributed by atoms with Crippen molar-refractivity contribution in [1.29, 1.82) is 0 Å². The molecule has 0 unspecified atom stereocenters. The van der Waals surface area contributed by atoms with Crippen LogP contribution in [0.3, 0.4) is 0 Å². The third kappa shape index (κ3) is 3.74. The van der Waals surface area contributed by atoms with Crippen LogP contribution in [0.5, 0.6) is 11.5 Å². The molecule has 4 aromatic rings. The van der Waals surface area contributed by atoms with Crippen molar-refractivity contribution in [2.24, 2.45) is 0 Å². The summed E-state index contributed by atoms with van der Waals surface area (Å²) in [7, 11) is 3.17. The van der Waals surface area contributed by atoms with Crippen LogP contribution in [-0.2, 0) is 6.54 Å². The minimum absolute atomic E-state index is 0.169. The summed E-state index contributed by atoms with van der Waals surface area (Å²) in [5.41, 5.74) is 4.35. The monoisotopic (exact) mass is 400 g/mol. The largest absolute Gasteiger partial charge is 0.493 e. The van der Waals surface area contributed by atoms with Crippen LogP contribution in [0.1, 0.15) is 21.6 Å². The maximum absolute atomic E-state index is 13.3. The summed E-state index contributed by atoms with van der Waals surface area (Å²) in [6.07, 6.45) is 0. The SMILES string of the molecule is COc1cc(C)c(NC(=O)c2cc3ccccc3n2Cc2ccccc2)cc1OC. The van der Waals surface area contributed by atoms with E-state index in [9.17, 15) is 4.79 Å². The molecule has 30 heavy (non-hydrogen) atoms. The molecule has 3 aromatic carbocycles. The van der Waals surface area contributed by atoms with Gasteiger partial charge in [0.1, 0.15) is 5.69 Å². The first-order valence-electron chi connectivity index (χ1n) is 9.77. The molecule has 5 nitrogen and oxygen atoms in total. The lowest BCUT2D eigenvalue weighted by Gasteiger charge is -2.15. The lowest BCUT2D eigenvalue weighted by molar-refractivity contribution is 0.101. The van der Waals surface area contributed by atoms with Gasteiger partial charge in [0, 0.05) is 29.2 Å². The molecule has 1 amide bonds. The summed E-state index contributed by atoms with van der Waals surface area (Å²) >= 11 is 0. The Labute approximate surface area is 175 Å². The number of ether oxygens (including phenoxy) is 2. The molecule has 5 heteroatoms. The molecule has 0 atom stereocenters. The Kier molecular flexibility index (Phi) is 5.44. The van der Waals surface area contributed by atoms with Crippen LogP contribution in [0.25, 0.3) is 10.9 Å². The van der Waals surface area contributed by atoms with Crippen molar-refractivity contribution in [3.8, 4) is 11.5 Å². The molecular formula is C25H24N2O3. The van der Waals surface area contributed by atoms with Gasteiger partial charge in [-0.25, -0.2) is 0 Å². The molecule has 0 fully saturated rings. The number of amides is 1. The first kappa shape index (κ1) is 19.6. The Morgan fingerprint density at radius 2 is 1.57 bits per heavy atom. The number of anilines is 1. The van der Waals surface area contributed by atoms with Gasteiger partial charge in [0.25, 0.3) is 5.91 Å². The van der Waals surface area contributed by atoms with Crippen molar-refractivity contribution in [2.45, 2.75) is 13.5 Å². The highest BCUT2D eigenvalue weighted by Gasteiger charge is 2.18. The molecule has 0 aliphatic carbocycles. The summed E-state index contributed by atoms with van der Waals surface area (Å²) in [5.74, 6) is 1.03. The highest BCUT2D eigenvalue weighted by Crippen LogP contribution is 2.33. The minimum Gasteiger partial charge on any atom is -0.493 e. The molecule has 152 valence electrons. The summed E-state index contributed by atoms with van der Waals surface area (Å²) in [6, 6.07) is 23.7. The zero-order valence-electron chi connectivity index (χ0n) is 17.3. The second-order valence-electron chi connectivity index (χ2n) is 7.14. The number of carbonyl (C=O) groups is 1. The molecule has 1 N–H and O–H groups in total. The van der Waals surface area contributed by atoms with E-state index >= 15 is 0 Å². The molecule has 1 heterocycles. The third-order valence-electron chi connectivity index (χ3n) is 5.21. The zero-order valence-corrected chi connectivity index (χ0v) is 17.3. The minimum atomic E-state index is -0.169. The van der Waals surface area contributed by atoms with Crippen LogP contribution in [-0.4, -0.2) is 24.7 Å². The number of methoxy groups -OCH3 is 2. The van der Waals surface area contributed by atoms with Gasteiger partial charge in [-0.1, -0.05) is 48.5 Å². The smallest absolute Gasteiger partial charge is 0.272 e. The van der Waals surface area contributed by atoms with Crippen LogP contribution in [0.4, 0.5) is 5.69 Å². The summed E-state index contributed by atoms with van der Waals surface area (Å²) < 4.78 is 12.8. The second kappa shape index (κ2) is 8.33. The molecule has 1 aromatic heterocycles. The number of benzene rings is 3. The van der Waals surface area contributed by atoms with Crippen molar-refractivity contribution < 1.29 is 14.3 Å². The van der Waals surface area contributed by atoms with Gasteiger partial charge in [-0.15, -0.1) is 0 Å². The second-order valence-corrected chi connectivity index (χ2v) is 7.14. The Hall–Kier alpha value is -3.73. The van der Waals surface area contributed by atoms with Crippen LogP contribution in [0.15, 0.2) is 72.8 Å². The number of nitrogens with one attached hydrogen (secondary N) is 1. The van der Waals surface area contributed by atoms with Crippen LogP contribution >= 0.6 is 0 Å². The van der Waals surface area contributed by atoms with E-state index in [0.29, 0.717) is 29.4 Å². The van der Waals surface area contributed by atoms with E-state index in [-0.39, 0.29) is 5.91 Å². The van der Waals surface area contributed by atoms with E-state index in [1.54, 1.807) is 20.3 Å². The lowest BCUT2D eigenvalue weighted by atomic mass is 10.1. The van der Waals surface area contributed by atoms with Gasteiger partial charge in [0.05, 0.1) is 14.2 Å². The highest BCUT2D eigenvalue weighted by atomic mass is 16.5. The quantitative estimate of drug-likeness (QED) is 0.480. The van der Waals surface area contributed by atoms with Gasteiger partial charge >= 0.3 is 0 Å². The van der Waals surface area contributed by atoms with Crippen LogP contribution in [0.2, 0.25) is 0 Å². The number of para-hydroxylation sites is 1. The molecule has 0 aliphatic rings. The van der Waals surface area contributed by atoms with Gasteiger partial charge in [0.2, 0.25) is 0 Å². The normalized spacial score (nSPS) is 10.8. The average Bonchev–Trinajstić information content (AvgIpc) is 3.14. The molecule has 0 saturated heterocycles. The third-order valence-corrected chi connectivity index (χ3v) is 5.21. The van der Waals surface area contributed by atoms with Gasteiger partial charge < -0.3 is 19.4 Å². The van der Waals surface area contributed by atoms with Crippen LogP contribution in [0, 0.1) is 6.92 Å². The van der Waals surface area contributed by atoms with Crippen molar-refractivity contribution in [2.75, 3.05) is 19.5 Å². The first-order chi connectivity index (χ1) is 14.6. The highest BCUT2D eigenvalue weighted by molar-refractivity contribution is 6.07. The summed E-state index contributed by atoms with van der Waals surface area (Å²) in [6.45, 7) is 2.54. The zero-order chi connectivity index (χ0) is 21.1. The fourth-order valence-electron chi connectivity index (χ4n) is 3.64. The average molecular weight is 400 g/mol. The van der Waals surface area contributed by atoms with Gasteiger partial charge in [-0.2, -0.15) is 0 Å². The van der Waals surface area contributed by atoms with E-state index in [0.717, 1.165) is 22.0 Å². The number of rotatable bonds is 6. The van der Waals surface area contributed by atoms with E-state index in [4.69, 9.17) is 9.47 Å². The van der Waals surface area contributed by atoms with E-state index in [1.165, 1.54) is 0 Å². The van der Waals surface area contributed by atoms with Crippen molar-refractivity contribution in [1.82, 2.24) is 4.57 Å². The number of hydrogen-bond acceptors (Lipinski definition) is 3. The van der Waals surface area contributed by atoms with Crippen molar-refractivity contribution in [3.63, 3.8) is 0 Å². The van der Waals surface area contributed by atoms with Crippen molar-refractivity contribution in [3.05, 3.63) is 89.6 Å². The summed E-state index contributed by atoms with van der Waals surface area (Å²) in [4.78, 5) is 13.3. The van der Waals surface area contributed by atoms with Crippen LogP contribution < -0.4 is 14.8 Å². The lowest BCUT2D eigenvalue weighted by Crippen LogP contribution is -2.18. The standard InChI is InChI=1S/C25H24N2O3/c1-17-13-23(29-2)24(30-3)15-20(17)26-25(28)22-14-19-11-7-8-12-21(19)27(22)16-18-9-5-4-6-10-18/h4-15H,16H2,1-3H3,(H,26,28). The van der Waals surface area contributed by atoms with Gasteiger partial charge in [0.15, 0.2) is 11.5 Å². The van der Waals surface area contributed by atoms with E-state index < -0.39 is 0 Å². The topological polar surface area (TPSA) is 52.5 Å². The molecule has 0 radical (unpaired) electrons. The predicted molar refractivity (Wildman–Crippen MR) is 120 cm³/mol. The van der Waals surface area contributed by atoms with Gasteiger partial charge in [-0.3, -0.25) is 4.79 Å². The van der Waals surface area contributed by atoms with Crippen molar-refractivity contribution >= 4 is 22.5 Å². The number of carbonyl (C=O) groups excluding carboxylic acids is 1. The Balaban J connectivity index is 1.73. The Morgan fingerprint density at radius 1 is 0.900 bits per heavy atom. The number of aromatic nitrogens is 1. The summed E-state index contributed by atoms with van der Waals surface area (Å²) in [5, 5.41) is 4.07. The maximum atomic E-state index is 13.3. The number of hydrogen-bond donors (Lipinski definition) is 1. The fourth-order valence-corrected chi connectivity index (χ4v) is 3.64.